The fraction of sp³-hybridized carbons (Fsp3) is 0.444. The number of fused-ring (bicyclic) bond motifs is 4. The minimum Gasteiger partial charge on any atom is -0.508 e. The maximum Gasteiger partial charge on any atom is 0.319 e. The molecular formula is C36H36F3N5O3. The van der Waals surface area contributed by atoms with Crippen molar-refractivity contribution in [1.82, 2.24) is 20.2 Å². The van der Waals surface area contributed by atoms with E-state index in [9.17, 15) is 9.50 Å². The summed E-state index contributed by atoms with van der Waals surface area (Å²) in [7, 11) is 0. The summed E-state index contributed by atoms with van der Waals surface area (Å²) in [6, 6.07) is 7.23. The standard InChI is InChI=1S/C36H36F3N5O3/c1-3-25-28(37)7-4-21-12-24(45)13-26(30(21)25)31-29(38)14-27-33(32(31)39)41-35(42-34(27)44-15-22-5-6-23(16-44)40-22)47-19-36(8-9-36)18-43-10-11-46-17-20(43)2/h1,4,7,12-14,20,22-23,40,45H,5-6,8-11,15-19H2,2H3/t20-,22?,23?/m1/s1. The van der Waals surface area contributed by atoms with Crippen molar-refractivity contribution in [3.63, 3.8) is 0 Å². The van der Waals surface area contributed by atoms with Gasteiger partial charge in [-0.05, 0) is 62.3 Å². The Morgan fingerprint density at radius 3 is 2.62 bits per heavy atom. The van der Waals surface area contributed by atoms with Gasteiger partial charge in [0.25, 0.3) is 0 Å². The monoisotopic (exact) mass is 643 g/mol. The maximum atomic E-state index is 16.9. The number of phenolic OH excluding ortho intramolecular Hbond substituents is 1. The van der Waals surface area contributed by atoms with E-state index in [2.05, 4.69) is 32.9 Å². The highest BCUT2D eigenvalue weighted by atomic mass is 19.1. The zero-order valence-corrected chi connectivity index (χ0v) is 26.2. The van der Waals surface area contributed by atoms with Crippen LogP contribution in [0.3, 0.4) is 0 Å². The van der Waals surface area contributed by atoms with Gasteiger partial charge in [0.1, 0.15) is 28.7 Å². The number of aromatic nitrogens is 2. The van der Waals surface area contributed by atoms with Gasteiger partial charge in [-0.25, -0.2) is 13.2 Å². The number of morpholine rings is 1. The molecule has 4 aromatic rings. The number of halogens is 3. The Morgan fingerprint density at radius 2 is 1.89 bits per heavy atom. The van der Waals surface area contributed by atoms with Gasteiger partial charge in [-0.15, -0.1) is 6.42 Å². The fourth-order valence-corrected chi connectivity index (χ4v) is 7.62. The zero-order chi connectivity index (χ0) is 32.4. The Labute approximate surface area is 270 Å². The Bertz CT molecular complexity index is 1930. The number of hydrogen-bond acceptors (Lipinski definition) is 8. The fourth-order valence-electron chi connectivity index (χ4n) is 7.62. The quantitative estimate of drug-likeness (QED) is 0.260. The van der Waals surface area contributed by atoms with Crippen molar-refractivity contribution in [1.29, 1.82) is 0 Å². The first-order chi connectivity index (χ1) is 22.7. The molecule has 1 aliphatic carbocycles. The molecule has 2 N–H and O–H groups in total. The smallest absolute Gasteiger partial charge is 0.319 e. The highest BCUT2D eigenvalue weighted by Gasteiger charge is 2.46. The van der Waals surface area contributed by atoms with E-state index in [1.807, 2.05) is 0 Å². The minimum atomic E-state index is -0.964. The average molecular weight is 644 g/mol. The third-order valence-corrected chi connectivity index (χ3v) is 10.3. The molecule has 2 bridgehead atoms. The number of phenols is 1. The third kappa shape index (κ3) is 5.42. The van der Waals surface area contributed by atoms with Gasteiger partial charge in [-0.1, -0.05) is 12.0 Å². The molecule has 8 nitrogen and oxygen atoms in total. The van der Waals surface area contributed by atoms with Gasteiger partial charge in [0.2, 0.25) is 0 Å². The van der Waals surface area contributed by atoms with Gasteiger partial charge in [0.15, 0.2) is 5.82 Å². The first-order valence-electron chi connectivity index (χ1n) is 16.3. The van der Waals surface area contributed by atoms with Crippen LogP contribution in [0.15, 0.2) is 30.3 Å². The van der Waals surface area contributed by atoms with E-state index in [1.165, 1.54) is 30.3 Å². The second kappa shape index (κ2) is 11.5. The number of nitrogens with zero attached hydrogens (tertiary/aromatic N) is 4. The molecule has 1 aromatic heterocycles. The zero-order valence-electron chi connectivity index (χ0n) is 26.2. The topological polar surface area (TPSA) is 83.0 Å². The van der Waals surface area contributed by atoms with Crippen LogP contribution in [0.4, 0.5) is 19.0 Å². The van der Waals surface area contributed by atoms with Crippen LogP contribution in [-0.4, -0.2) is 84.1 Å². The van der Waals surface area contributed by atoms with E-state index in [1.54, 1.807) is 0 Å². The second-order valence-electron chi connectivity index (χ2n) is 13.7. The van der Waals surface area contributed by atoms with Crippen LogP contribution in [-0.2, 0) is 4.74 Å². The van der Waals surface area contributed by atoms with Crippen LogP contribution in [0.2, 0.25) is 0 Å². The summed E-state index contributed by atoms with van der Waals surface area (Å²) >= 11 is 0. The molecule has 4 heterocycles. The van der Waals surface area contributed by atoms with Crippen molar-refractivity contribution in [3.8, 4) is 35.2 Å². The summed E-state index contributed by atoms with van der Waals surface area (Å²) < 4.78 is 59.9. The number of anilines is 1. The van der Waals surface area contributed by atoms with Crippen molar-refractivity contribution in [2.24, 2.45) is 5.41 Å². The lowest BCUT2D eigenvalue weighted by Crippen LogP contribution is -2.51. The molecule has 2 unspecified atom stereocenters. The molecule has 0 amide bonds. The highest BCUT2D eigenvalue weighted by molar-refractivity contribution is 6.04. The van der Waals surface area contributed by atoms with Gasteiger partial charge in [0, 0.05) is 66.1 Å². The summed E-state index contributed by atoms with van der Waals surface area (Å²) in [5.41, 5.74) is -0.848. The second-order valence-corrected chi connectivity index (χ2v) is 13.7. The molecule has 47 heavy (non-hydrogen) atoms. The number of piperazine rings is 1. The van der Waals surface area contributed by atoms with E-state index in [4.69, 9.17) is 20.9 Å². The van der Waals surface area contributed by atoms with Crippen molar-refractivity contribution in [2.75, 3.05) is 50.9 Å². The lowest BCUT2D eigenvalue weighted by Gasteiger charge is -2.36. The molecule has 3 aromatic carbocycles. The molecule has 4 aliphatic rings. The Hall–Kier alpha value is -4.11. The number of aromatic hydroxyl groups is 1. The lowest BCUT2D eigenvalue weighted by molar-refractivity contribution is -0.0134. The predicted octanol–water partition coefficient (Wildman–Crippen LogP) is 5.37. The van der Waals surface area contributed by atoms with Crippen LogP contribution < -0.4 is 15.0 Å². The van der Waals surface area contributed by atoms with Crippen molar-refractivity contribution in [3.05, 3.63) is 53.3 Å². The van der Waals surface area contributed by atoms with Crippen LogP contribution in [0.5, 0.6) is 11.8 Å². The van der Waals surface area contributed by atoms with Gasteiger partial charge in [-0.2, -0.15) is 9.97 Å². The molecule has 4 fully saturated rings. The van der Waals surface area contributed by atoms with E-state index in [-0.39, 0.29) is 56.7 Å². The van der Waals surface area contributed by atoms with E-state index in [0.29, 0.717) is 50.2 Å². The van der Waals surface area contributed by atoms with Gasteiger partial charge in [-0.3, -0.25) is 4.90 Å². The normalized spacial score (nSPS) is 23.7. The molecular weight excluding hydrogens is 607 g/mol. The van der Waals surface area contributed by atoms with Gasteiger partial charge < -0.3 is 24.8 Å². The Morgan fingerprint density at radius 1 is 1.11 bits per heavy atom. The Balaban J connectivity index is 1.24. The lowest BCUT2D eigenvalue weighted by atomic mass is 9.92. The number of nitrogens with one attached hydrogen (secondary N) is 1. The van der Waals surface area contributed by atoms with Crippen LogP contribution in [0, 0.1) is 35.2 Å². The van der Waals surface area contributed by atoms with Crippen molar-refractivity contribution < 1.29 is 27.8 Å². The van der Waals surface area contributed by atoms with Gasteiger partial charge >= 0.3 is 6.01 Å². The maximum absolute atomic E-state index is 16.9. The van der Waals surface area contributed by atoms with E-state index >= 15 is 8.78 Å². The average Bonchev–Trinajstić information content (AvgIpc) is 3.74. The molecule has 11 heteroatoms. The molecule has 1 saturated carbocycles. The minimum absolute atomic E-state index is 0.0206. The highest BCUT2D eigenvalue weighted by Crippen LogP contribution is 2.47. The third-order valence-electron chi connectivity index (χ3n) is 10.3. The number of rotatable bonds is 7. The molecule has 3 aliphatic heterocycles. The molecule has 3 saturated heterocycles. The summed E-state index contributed by atoms with van der Waals surface area (Å²) in [6.07, 6.45) is 9.69. The molecule has 3 atom stereocenters. The predicted molar refractivity (Wildman–Crippen MR) is 173 cm³/mol. The molecule has 0 spiro atoms. The number of benzene rings is 3. The number of hydrogen-bond donors (Lipinski definition) is 2. The van der Waals surface area contributed by atoms with E-state index < -0.39 is 23.0 Å². The van der Waals surface area contributed by atoms with E-state index in [0.717, 1.165) is 38.8 Å². The van der Waals surface area contributed by atoms with Crippen molar-refractivity contribution >= 4 is 27.5 Å². The summed E-state index contributed by atoms with van der Waals surface area (Å²) in [5.74, 6) is -0.0817. The molecule has 244 valence electrons. The van der Waals surface area contributed by atoms with Crippen molar-refractivity contribution in [2.45, 2.75) is 50.7 Å². The summed E-state index contributed by atoms with van der Waals surface area (Å²) in [6.45, 7) is 6.91. The van der Waals surface area contributed by atoms with Crippen LogP contribution in [0.25, 0.3) is 32.8 Å². The first-order valence-corrected chi connectivity index (χ1v) is 16.3. The number of ether oxygens (including phenoxy) is 2. The molecule has 0 radical (unpaired) electrons. The van der Waals surface area contributed by atoms with Crippen LogP contribution in [0.1, 0.15) is 38.2 Å². The first kappa shape index (κ1) is 30.2. The molecule has 8 rings (SSSR count). The van der Waals surface area contributed by atoms with Gasteiger partial charge in [0.05, 0.1) is 30.9 Å². The van der Waals surface area contributed by atoms with Crippen LogP contribution >= 0.6 is 0 Å². The largest absolute Gasteiger partial charge is 0.508 e. The number of terminal acetylenes is 1. The SMILES string of the molecule is C#Cc1c(F)ccc2cc(O)cc(-c3c(F)cc4c(N5CC6CCC(C5)N6)nc(OCC5(CN6CCOC[C@H]6C)CC5)nc4c3F)c12. The Kier molecular flexibility index (Phi) is 7.43. The summed E-state index contributed by atoms with van der Waals surface area (Å²) in [5, 5.41) is 14.8. The summed E-state index contributed by atoms with van der Waals surface area (Å²) in [4.78, 5) is 13.8.